The molecule has 0 spiro atoms. The quantitative estimate of drug-likeness (QED) is 0.525. The van der Waals surface area contributed by atoms with E-state index >= 15 is 0 Å². The van der Waals surface area contributed by atoms with Crippen LogP contribution in [0.1, 0.15) is 18.9 Å². The highest BCUT2D eigenvalue weighted by atomic mass is 32.2. The van der Waals surface area contributed by atoms with Crippen molar-refractivity contribution in [2.75, 3.05) is 11.9 Å². The second kappa shape index (κ2) is 9.54. The molecule has 2 N–H and O–H groups in total. The zero-order chi connectivity index (χ0) is 20.8. The van der Waals surface area contributed by atoms with E-state index in [1.165, 1.54) is 28.8 Å². The van der Waals surface area contributed by atoms with Gasteiger partial charge in [-0.15, -0.1) is 0 Å². The summed E-state index contributed by atoms with van der Waals surface area (Å²) in [5.74, 6) is -0.372. The normalized spacial score (nSPS) is 15.8. The summed E-state index contributed by atoms with van der Waals surface area (Å²) in [6.45, 7) is 2.14. The van der Waals surface area contributed by atoms with Crippen LogP contribution in [0, 0.1) is 0 Å². The maximum atomic E-state index is 12.7. The van der Waals surface area contributed by atoms with Crippen LogP contribution in [-0.2, 0) is 9.59 Å². The number of carbonyl (C=O) groups is 2. The van der Waals surface area contributed by atoms with Crippen molar-refractivity contribution < 1.29 is 14.7 Å². The number of thiocarbonyl (C=S) groups is 1. The van der Waals surface area contributed by atoms with Crippen molar-refractivity contribution in [3.63, 3.8) is 0 Å². The van der Waals surface area contributed by atoms with Crippen molar-refractivity contribution in [1.82, 2.24) is 4.90 Å². The van der Waals surface area contributed by atoms with Crippen molar-refractivity contribution >= 4 is 51.9 Å². The Kier molecular flexibility index (Phi) is 6.85. The zero-order valence-corrected chi connectivity index (χ0v) is 17.4. The number of amides is 2. The Hall–Kier alpha value is -2.90. The lowest BCUT2D eigenvalue weighted by Gasteiger charge is -2.14. The van der Waals surface area contributed by atoms with Crippen LogP contribution in [0.25, 0.3) is 6.08 Å². The molecule has 7 heteroatoms. The van der Waals surface area contributed by atoms with Crippen molar-refractivity contribution in [2.24, 2.45) is 0 Å². The molecule has 0 radical (unpaired) electrons. The second-order valence-corrected chi connectivity index (χ2v) is 8.16. The molecule has 148 valence electrons. The predicted octanol–water partition coefficient (Wildman–Crippen LogP) is 4.57. The lowest BCUT2D eigenvalue weighted by molar-refractivity contribution is -0.122. The highest BCUT2D eigenvalue weighted by Gasteiger charge is 2.32. The molecule has 0 aliphatic carbocycles. The molecule has 2 amide bonds. The minimum Gasteiger partial charge on any atom is -0.508 e. The van der Waals surface area contributed by atoms with Gasteiger partial charge in [-0.1, -0.05) is 66.5 Å². The summed E-state index contributed by atoms with van der Waals surface area (Å²) >= 11 is 6.56. The van der Waals surface area contributed by atoms with E-state index < -0.39 is 0 Å². The summed E-state index contributed by atoms with van der Waals surface area (Å²) in [7, 11) is 0. The molecule has 2 aromatic carbocycles. The Morgan fingerprint density at radius 2 is 1.97 bits per heavy atom. The Balaban J connectivity index is 1.60. The number of hydrogen-bond donors (Lipinski definition) is 2. The number of aromatic hydroxyl groups is 1. The molecule has 0 aromatic heterocycles. The van der Waals surface area contributed by atoms with Crippen LogP contribution in [0.4, 0.5) is 5.69 Å². The number of rotatable bonds is 6. The Labute approximate surface area is 179 Å². The van der Waals surface area contributed by atoms with E-state index in [-0.39, 0.29) is 30.5 Å². The van der Waals surface area contributed by atoms with Gasteiger partial charge < -0.3 is 10.4 Å². The van der Waals surface area contributed by atoms with Crippen molar-refractivity contribution in [3.05, 3.63) is 76.7 Å². The minimum atomic E-state index is -0.256. The summed E-state index contributed by atoms with van der Waals surface area (Å²) in [5, 5.41) is 12.2. The number of nitrogens with one attached hydrogen (secondary N) is 1. The van der Waals surface area contributed by atoms with Crippen LogP contribution in [0.2, 0.25) is 0 Å². The number of phenols is 1. The molecule has 1 aliphatic heterocycles. The van der Waals surface area contributed by atoms with Crippen LogP contribution in [0.3, 0.4) is 0 Å². The fraction of sp³-hybridized carbons (Fsp3) is 0.136. The smallest absolute Gasteiger partial charge is 0.266 e. The van der Waals surface area contributed by atoms with Gasteiger partial charge in [0, 0.05) is 24.7 Å². The highest BCUT2D eigenvalue weighted by molar-refractivity contribution is 8.26. The van der Waals surface area contributed by atoms with Gasteiger partial charge in [-0.2, -0.15) is 0 Å². The number of nitrogens with zero attached hydrogens (tertiary/aromatic N) is 1. The van der Waals surface area contributed by atoms with Crippen molar-refractivity contribution in [1.29, 1.82) is 0 Å². The monoisotopic (exact) mass is 424 g/mol. The van der Waals surface area contributed by atoms with Gasteiger partial charge in [0.2, 0.25) is 5.91 Å². The first-order chi connectivity index (χ1) is 13.9. The van der Waals surface area contributed by atoms with Crippen molar-refractivity contribution in [3.8, 4) is 5.75 Å². The molecule has 0 bridgehead atoms. The summed E-state index contributed by atoms with van der Waals surface area (Å²) in [6, 6.07) is 16.2. The Morgan fingerprint density at radius 3 is 2.69 bits per heavy atom. The van der Waals surface area contributed by atoms with E-state index in [0.29, 0.717) is 14.9 Å². The minimum absolute atomic E-state index is 0.0730. The van der Waals surface area contributed by atoms with Crippen LogP contribution >= 0.6 is 24.0 Å². The van der Waals surface area contributed by atoms with Crippen LogP contribution in [-0.4, -0.2) is 32.7 Å². The van der Waals surface area contributed by atoms with E-state index in [2.05, 4.69) is 5.32 Å². The van der Waals surface area contributed by atoms with Gasteiger partial charge in [0.15, 0.2) is 0 Å². The molecule has 0 atom stereocenters. The molecule has 1 heterocycles. The molecule has 0 unspecified atom stereocenters. The van der Waals surface area contributed by atoms with E-state index in [4.69, 9.17) is 12.2 Å². The first-order valence-electron chi connectivity index (χ1n) is 9.00. The Morgan fingerprint density at radius 1 is 1.21 bits per heavy atom. The van der Waals surface area contributed by atoms with Crippen LogP contribution in [0.15, 0.2) is 71.2 Å². The third kappa shape index (κ3) is 5.79. The maximum absolute atomic E-state index is 12.7. The Bertz CT molecular complexity index is 1000. The number of benzene rings is 2. The summed E-state index contributed by atoms with van der Waals surface area (Å²) in [4.78, 5) is 26.8. The van der Waals surface area contributed by atoms with E-state index in [1.807, 2.05) is 49.4 Å². The van der Waals surface area contributed by atoms with Gasteiger partial charge in [-0.3, -0.25) is 14.5 Å². The molecule has 5 nitrogen and oxygen atoms in total. The van der Waals surface area contributed by atoms with Gasteiger partial charge in [-0.25, -0.2) is 0 Å². The van der Waals surface area contributed by atoms with Crippen LogP contribution in [0.5, 0.6) is 5.75 Å². The van der Waals surface area contributed by atoms with Crippen LogP contribution < -0.4 is 5.32 Å². The number of anilines is 1. The lowest BCUT2D eigenvalue weighted by Crippen LogP contribution is -2.31. The first kappa shape index (κ1) is 20.8. The number of carbonyl (C=O) groups excluding carboxylic acids is 2. The summed E-state index contributed by atoms with van der Waals surface area (Å²) in [6.07, 6.45) is 3.92. The number of allylic oxidation sites excluding steroid dienone is 2. The molecule has 1 fully saturated rings. The topological polar surface area (TPSA) is 69.6 Å². The third-order valence-corrected chi connectivity index (χ3v) is 5.50. The van der Waals surface area contributed by atoms with Crippen molar-refractivity contribution in [2.45, 2.75) is 13.3 Å². The zero-order valence-electron chi connectivity index (χ0n) is 15.8. The lowest BCUT2D eigenvalue weighted by atomic mass is 10.1. The molecule has 2 aromatic rings. The molecule has 0 saturated carbocycles. The molecule has 1 saturated heterocycles. The van der Waals surface area contributed by atoms with E-state index in [9.17, 15) is 14.7 Å². The van der Waals surface area contributed by atoms with Gasteiger partial charge in [0.1, 0.15) is 10.1 Å². The maximum Gasteiger partial charge on any atom is 0.266 e. The molecular weight excluding hydrogens is 404 g/mol. The number of thioether (sulfide) groups is 1. The number of phenolic OH excluding ortho intramolecular Hbond substituents is 1. The highest BCUT2D eigenvalue weighted by Crippen LogP contribution is 2.32. The summed E-state index contributed by atoms with van der Waals surface area (Å²) in [5.41, 5.74) is 2.50. The van der Waals surface area contributed by atoms with Gasteiger partial charge >= 0.3 is 0 Å². The van der Waals surface area contributed by atoms with Gasteiger partial charge in [-0.05, 0) is 36.3 Å². The standard InChI is InChI=1S/C22H20N2O3S2/c1-15(12-16-6-3-2-4-7-16)13-19-21(27)24(22(28)29-19)11-10-20(26)23-17-8-5-9-18(25)14-17/h2-9,12-14,25H,10-11H2,1H3,(H,23,26)/b15-12-,19-13+. The molecular formula is C22H20N2O3S2. The van der Waals surface area contributed by atoms with Gasteiger partial charge in [0.25, 0.3) is 5.91 Å². The first-order valence-corrected chi connectivity index (χ1v) is 10.2. The van der Waals surface area contributed by atoms with Gasteiger partial charge in [0.05, 0.1) is 4.91 Å². The average molecular weight is 425 g/mol. The second-order valence-electron chi connectivity index (χ2n) is 6.48. The van der Waals surface area contributed by atoms with E-state index in [0.717, 1.165) is 11.1 Å². The fourth-order valence-electron chi connectivity index (χ4n) is 2.77. The molecule has 3 rings (SSSR count). The predicted molar refractivity (Wildman–Crippen MR) is 121 cm³/mol. The number of hydrogen-bond acceptors (Lipinski definition) is 5. The molecule has 29 heavy (non-hydrogen) atoms. The fourth-order valence-corrected chi connectivity index (χ4v) is 4.13. The third-order valence-electron chi connectivity index (χ3n) is 4.12. The largest absolute Gasteiger partial charge is 0.508 e. The molecule has 1 aliphatic rings. The summed E-state index contributed by atoms with van der Waals surface area (Å²) < 4.78 is 0.443. The SMILES string of the molecule is CC(=C/c1ccccc1)/C=C1/SC(=S)N(CCC(=O)Nc2cccc(O)c2)C1=O. The van der Waals surface area contributed by atoms with E-state index in [1.54, 1.807) is 12.1 Å². The average Bonchev–Trinajstić information content (AvgIpc) is 2.93.